The zero-order valence-corrected chi connectivity index (χ0v) is 14.7. The molecule has 1 aliphatic heterocycles. The lowest BCUT2D eigenvalue weighted by Gasteiger charge is -2.35. The van der Waals surface area contributed by atoms with E-state index in [4.69, 9.17) is 9.47 Å². The van der Waals surface area contributed by atoms with Crippen LogP contribution in [0.1, 0.15) is 51.0 Å². The maximum absolute atomic E-state index is 11.7. The summed E-state index contributed by atoms with van der Waals surface area (Å²) in [6, 6.07) is 0. The molecule has 1 atom stereocenters. The molecule has 3 rings (SSSR count). The molecule has 24 heavy (non-hydrogen) atoms. The van der Waals surface area contributed by atoms with E-state index in [9.17, 15) is 9.90 Å². The van der Waals surface area contributed by atoms with Crippen LogP contribution in [0.25, 0.3) is 0 Å². The minimum Gasteiger partial charge on any atom is -0.457 e. The Morgan fingerprint density at radius 2 is 2.17 bits per heavy atom. The number of hydrogen-bond acceptors (Lipinski definition) is 6. The van der Waals surface area contributed by atoms with Crippen molar-refractivity contribution in [2.45, 2.75) is 57.3 Å². The highest BCUT2D eigenvalue weighted by Crippen LogP contribution is 2.39. The van der Waals surface area contributed by atoms with E-state index in [-0.39, 0.29) is 12.3 Å². The van der Waals surface area contributed by atoms with Gasteiger partial charge in [0.1, 0.15) is 11.4 Å². The zero-order chi connectivity index (χ0) is 17.2. The van der Waals surface area contributed by atoms with Gasteiger partial charge in [0.2, 0.25) is 5.79 Å². The average Bonchev–Trinajstić information content (AvgIpc) is 3.17. The second kappa shape index (κ2) is 6.58. The Kier molecular flexibility index (Phi) is 4.66. The van der Waals surface area contributed by atoms with Crippen molar-refractivity contribution in [3.8, 4) is 11.8 Å². The molecule has 128 valence electrons. The number of esters is 1. The summed E-state index contributed by atoms with van der Waals surface area (Å²) in [5, 5.41) is 13.8. The van der Waals surface area contributed by atoms with Gasteiger partial charge in [-0.05, 0) is 24.7 Å². The highest BCUT2D eigenvalue weighted by molar-refractivity contribution is 7.10. The fourth-order valence-corrected chi connectivity index (χ4v) is 3.75. The van der Waals surface area contributed by atoms with Crippen LogP contribution in [0.3, 0.4) is 0 Å². The van der Waals surface area contributed by atoms with Crippen LogP contribution in [0.5, 0.6) is 0 Å². The molecule has 1 aromatic rings. The first-order valence-corrected chi connectivity index (χ1v) is 9.02. The van der Waals surface area contributed by atoms with E-state index in [1.54, 1.807) is 20.0 Å². The molecule has 1 saturated carbocycles. The standard InChI is InChI=1S/C18H21NO4S/c1-17(2)22-14(11-16(20)23-17)12-18(21,13-5-3-4-6-13)8-7-15-19-9-10-24-15/h9-11,13,21H,3-6,12H2,1-2H3. The Hall–Kier alpha value is -1.84. The van der Waals surface area contributed by atoms with Crippen molar-refractivity contribution in [3.63, 3.8) is 0 Å². The summed E-state index contributed by atoms with van der Waals surface area (Å²) < 4.78 is 10.8. The van der Waals surface area contributed by atoms with Crippen molar-refractivity contribution in [2.75, 3.05) is 0 Å². The van der Waals surface area contributed by atoms with Gasteiger partial charge < -0.3 is 14.6 Å². The second-order valence-corrected chi connectivity index (χ2v) is 7.60. The topological polar surface area (TPSA) is 68.7 Å². The lowest BCUT2D eigenvalue weighted by Crippen LogP contribution is -2.40. The van der Waals surface area contributed by atoms with Gasteiger partial charge in [-0.2, -0.15) is 0 Å². The van der Waals surface area contributed by atoms with E-state index in [1.807, 2.05) is 5.38 Å². The first-order valence-electron chi connectivity index (χ1n) is 8.14. The molecule has 2 aliphatic rings. The maximum Gasteiger partial charge on any atom is 0.337 e. The quantitative estimate of drug-likeness (QED) is 0.672. The maximum atomic E-state index is 11.7. The van der Waals surface area contributed by atoms with Gasteiger partial charge in [0.05, 0.1) is 6.08 Å². The third-order valence-corrected chi connectivity index (χ3v) is 4.98. The third kappa shape index (κ3) is 3.97. The van der Waals surface area contributed by atoms with E-state index in [0.717, 1.165) is 25.7 Å². The number of cyclic esters (lactones) is 1. The summed E-state index contributed by atoms with van der Waals surface area (Å²) in [7, 11) is 0. The highest BCUT2D eigenvalue weighted by atomic mass is 32.1. The Labute approximate surface area is 145 Å². The largest absolute Gasteiger partial charge is 0.457 e. The van der Waals surface area contributed by atoms with Crippen LogP contribution in [0.4, 0.5) is 0 Å². The van der Waals surface area contributed by atoms with Gasteiger partial charge in [-0.3, -0.25) is 0 Å². The molecule has 0 amide bonds. The molecular formula is C18H21NO4S. The monoisotopic (exact) mass is 347 g/mol. The van der Waals surface area contributed by atoms with Crippen LogP contribution in [0, 0.1) is 17.8 Å². The number of hydrogen-bond donors (Lipinski definition) is 1. The van der Waals surface area contributed by atoms with Crippen molar-refractivity contribution in [1.82, 2.24) is 4.98 Å². The van der Waals surface area contributed by atoms with Gasteiger partial charge in [0.15, 0.2) is 5.01 Å². The van der Waals surface area contributed by atoms with Gasteiger partial charge in [-0.1, -0.05) is 18.8 Å². The number of carbonyl (C=O) groups excluding carboxylic acids is 1. The van der Waals surface area contributed by atoms with Crippen LogP contribution in [-0.2, 0) is 14.3 Å². The lowest BCUT2D eigenvalue weighted by molar-refractivity contribution is -0.207. The number of thiazole rings is 1. The molecule has 1 aromatic heterocycles. The molecular weight excluding hydrogens is 326 g/mol. The van der Waals surface area contributed by atoms with Crippen molar-refractivity contribution < 1.29 is 19.4 Å². The summed E-state index contributed by atoms with van der Waals surface area (Å²) in [5.74, 6) is 4.98. The van der Waals surface area contributed by atoms with Crippen LogP contribution < -0.4 is 0 Å². The number of aromatic nitrogens is 1. The summed E-state index contributed by atoms with van der Waals surface area (Å²) in [5.41, 5.74) is -1.23. The minimum atomic E-state index is -1.23. The van der Waals surface area contributed by atoms with Gasteiger partial charge in [-0.15, -0.1) is 11.3 Å². The van der Waals surface area contributed by atoms with E-state index in [2.05, 4.69) is 16.8 Å². The molecule has 1 fully saturated rings. The fourth-order valence-electron chi connectivity index (χ4n) is 3.26. The van der Waals surface area contributed by atoms with Crippen molar-refractivity contribution >= 4 is 17.3 Å². The van der Waals surface area contributed by atoms with Gasteiger partial charge >= 0.3 is 5.97 Å². The highest BCUT2D eigenvalue weighted by Gasteiger charge is 2.41. The van der Waals surface area contributed by atoms with Crippen LogP contribution in [0.2, 0.25) is 0 Å². The SMILES string of the molecule is CC1(C)OC(=O)C=C(CC(O)(C#Cc2nccs2)C2CCCC2)O1. The molecule has 1 unspecified atom stereocenters. The number of ether oxygens (including phenoxy) is 2. The Morgan fingerprint density at radius 1 is 1.42 bits per heavy atom. The van der Waals surface area contributed by atoms with Gasteiger partial charge in [-0.25, -0.2) is 9.78 Å². The Balaban J connectivity index is 1.86. The first kappa shape index (κ1) is 17.0. The molecule has 0 saturated heterocycles. The van der Waals surface area contributed by atoms with E-state index in [1.165, 1.54) is 17.4 Å². The molecule has 0 aromatic carbocycles. The van der Waals surface area contributed by atoms with E-state index >= 15 is 0 Å². The van der Waals surface area contributed by atoms with Crippen molar-refractivity contribution in [3.05, 3.63) is 28.4 Å². The van der Waals surface area contributed by atoms with E-state index in [0.29, 0.717) is 10.8 Å². The Bertz CT molecular complexity index is 692. The van der Waals surface area contributed by atoms with Crippen LogP contribution in [-0.4, -0.2) is 27.4 Å². The first-order chi connectivity index (χ1) is 11.4. The van der Waals surface area contributed by atoms with Crippen molar-refractivity contribution in [1.29, 1.82) is 0 Å². The van der Waals surface area contributed by atoms with E-state index < -0.39 is 17.4 Å². The lowest BCUT2D eigenvalue weighted by atomic mass is 9.83. The summed E-state index contributed by atoms with van der Waals surface area (Å²) >= 11 is 1.44. The second-order valence-electron chi connectivity index (χ2n) is 6.70. The van der Waals surface area contributed by atoms with Gasteiger partial charge in [0.25, 0.3) is 0 Å². The summed E-state index contributed by atoms with van der Waals surface area (Å²) in [4.78, 5) is 15.9. The third-order valence-electron chi connectivity index (χ3n) is 4.29. The summed E-state index contributed by atoms with van der Waals surface area (Å²) in [6.45, 7) is 3.35. The number of rotatable bonds is 3. The van der Waals surface area contributed by atoms with Crippen molar-refractivity contribution in [2.24, 2.45) is 5.92 Å². The van der Waals surface area contributed by atoms with Crippen LogP contribution >= 0.6 is 11.3 Å². The zero-order valence-electron chi connectivity index (χ0n) is 13.9. The molecule has 0 bridgehead atoms. The molecule has 6 heteroatoms. The molecule has 2 heterocycles. The van der Waals surface area contributed by atoms with Crippen LogP contribution in [0.15, 0.2) is 23.4 Å². The average molecular weight is 347 g/mol. The normalized spacial score (nSPS) is 22.6. The number of aliphatic hydroxyl groups is 1. The minimum absolute atomic E-state index is 0.0653. The summed E-state index contributed by atoms with van der Waals surface area (Å²) in [6.07, 6.45) is 7.17. The molecule has 0 radical (unpaired) electrons. The predicted octanol–water partition coefficient (Wildman–Crippen LogP) is 3.00. The smallest absolute Gasteiger partial charge is 0.337 e. The molecule has 5 nitrogen and oxygen atoms in total. The predicted molar refractivity (Wildman–Crippen MR) is 89.9 cm³/mol. The molecule has 0 spiro atoms. The molecule has 1 N–H and O–H groups in total. The van der Waals surface area contributed by atoms with Gasteiger partial charge in [0, 0.05) is 31.8 Å². The number of carbonyl (C=O) groups is 1. The number of nitrogens with zero attached hydrogens (tertiary/aromatic N) is 1. The Morgan fingerprint density at radius 3 is 2.79 bits per heavy atom. The fraction of sp³-hybridized carbons (Fsp3) is 0.556. The molecule has 1 aliphatic carbocycles.